The van der Waals surface area contributed by atoms with E-state index in [0.717, 1.165) is 37.5 Å². The van der Waals surface area contributed by atoms with Gasteiger partial charge in [-0.25, -0.2) is 0 Å². The SMILES string of the molecule is CN=C(NCc1ccc(C#N)cc1)NC1CCN(c2cccs2)CC1. The van der Waals surface area contributed by atoms with Crippen LogP contribution < -0.4 is 15.5 Å². The molecule has 0 aliphatic carbocycles. The largest absolute Gasteiger partial charge is 0.363 e. The minimum absolute atomic E-state index is 0.448. The van der Waals surface area contributed by atoms with E-state index in [1.165, 1.54) is 5.00 Å². The Labute approximate surface area is 153 Å². The van der Waals surface area contributed by atoms with Crippen molar-refractivity contribution in [1.29, 1.82) is 5.26 Å². The molecule has 1 aliphatic rings. The van der Waals surface area contributed by atoms with Crippen LogP contribution >= 0.6 is 11.3 Å². The number of piperidine rings is 1. The molecule has 1 aromatic heterocycles. The third-order valence-corrected chi connectivity index (χ3v) is 5.35. The molecular weight excluding hydrogens is 330 g/mol. The number of aliphatic imine (C=N–C) groups is 1. The van der Waals surface area contributed by atoms with E-state index < -0.39 is 0 Å². The number of nitrogens with zero attached hydrogens (tertiary/aromatic N) is 3. The maximum absolute atomic E-state index is 8.85. The van der Waals surface area contributed by atoms with Crippen molar-refractivity contribution in [3.63, 3.8) is 0 Å². The summed E-state index contributed by atoms with van der Waals surface area (Å²) in [7, 11) is 1.80. The highest BCUT2D eigenvalue weighted by Gasteiger charge is 2.20. The van der Waals surface area contributed by atoms with E-state index in [0.29, 0.717) is 18.2 Å². The lowest BCUT2D eigenvalue weighted by Gasteiger charge is -2.33. The number of nitriles is 1. The first-order valence-corrected chi connectivity index (χ1v) is 9.41. The zero-order valence-corrected chi connectivity index (χ0v) is 15.2. The van der Waals surface area contributed by atoms with Crippen LogP contribution in [0.15, 0.2) is 46.8 Å². The monoisotopic (exact) mass is 353 g/mol. The summed E-state index contributed by atoms with van der Waals surface area (Å²) in [6, 6.07) is 14.5. The number of benzene rings is 1. The van der Waals surface area contributed by atoms with Crippen LogP contribution in [0, 0.1) is 11.3 Å². The topological polar surface area (TPSA) is 63.5 Å². The second-order valence-corrected chi connectivity index (χ2v) is 7.02. The highest BCUT2D eigenvalue weighted by Crippen LogP contribution is 2.24. The van der Waals surface area contributed by atoms with Crippen LogP contribution in [-0.2, 0) is 6.54 Å². The van der Waals surface area contributed by atoms with Gasteiger partial charge >= 0.3 is 0 Å². The van der Waals surface area contributed by atoms with Gasteiger partial charge in [0, 0.05) is 32.7 Å². The van der Waals surface area contributed by atoms with Crippen LogP contribution in [0.1, 0.15) is 24.0 Å². The highest BCUT2D eigenvalue weighted by atomic mass is 32.1. The number of guanidine groups is 1. The fraction of sp³-hybridized carbons (Fsp3) is 0.368. The van der Waals surface area contributed by atoms with Crippen LogP contribution in [0.3, 0.4) is 0 Å². The summed E-state index contributed by atoms with van der Waals surface area (Å²) in [6.07, 6.45) is 2.21. The molecule has 0 spiro atoms. The molecule has 1 fully saturated rings. The van der Waals surface area contributed by atoms with E-state index in [1.54, 1.807) is 18.4 Å². The summed E-state index contributed by atoms with van der Waals surface area (Å²) < 4.78 is 0. The van der Waals surface area contributed by atoms with Gasteiger partial charge in [-0.1, -0.05) is 12.1 Å². The van der Waals surface area contributed by atoms with Gasteiger partial charge in [-0.3, -0.25) is 4.99 Å². The van der Waals surface area contributed by atoms with Crippen molar-refractivity contribution in [3.05, 3.63) is 52.9 Å². The Bertz CT molecular complexity index is 722. The van der Waals surface area contributed by atoms with Crippen molar-refractivity contribution in [3.8, 4) is 6.07 Å². The lowest BCUT2D eigenvalue weighted by Crippen LogP contribution is -2.48. The third-order valence-electron chi connectivity index (χ3n) is 4.42. The van der Waals surface area contributed by atoms with E-state index in [4.69, 9.17) is 5.26 Å². The molecule has 5 nitrogen and oxygen atoms in total. The predicted octanol–water partition coefficient (Wildman–Crippen LogP) is 2.95. The summed E-state index contributed by atoms with van der Waals surface area (Å²) in [4.78, 5) is 6.78. The molecule has 2 N–H and O–H groups in total. The van der Waals surface area contributed by atoms with Crippen molar-refractivity contribution < 1.29 is 0 Å². The normalized spacial score (nSPS) is 15.7. The van der Waals surface area contributed by atoms with Crippen molar-refractivity contribution in [2.45, 2.75) is 25.4 Å². The van der Waals surface area contributed by atoms with Crippen LogP contribution in [0.2, 0.25) is 0 Å². The van der Waals surface area contributed by atoms with Crippen molar-refractivity contribution in [1.82, 2.24) is 10.6 Å². The van der Waals surface area contributed by atoms with Gasteiger partial charge in [-0.05, 0) is 48.1 Å². The molecule has 1 aromatic carbocycles. The maximum atomic E-state index is 8.85. The molecule has 25 heavy (non-hydrogen) atoms. The Balaban J connectivity index is 1.45. The number of rotatable bonds is 4. The Morgan fingerprint density at radius 3 is 2.64 bits per heavy atom. The fourth-order valence-electron chi connectivity index (χ4n) is 2.96. The molecule has 0 atom stereocenters. The van der Waals surface area contributed by atoms with Crippen molar-refractivity contribution >= 4 is 22.3 Å². The smallest absolute Gasteiger partial charge is 0.191 e. The molecule has 1 saturated heterocycles. The number of thiophene rings is 1. The molecule has 1 aliphatic heterocycles. The first-order valence-electron chi connectivity index (χ1n) is 8.53. The molecule has 0 amide bonds. The zero-order valence-electron chi connectivity index (χ0n) is 14.4. The summed E-state index contributed by atoms with van der Waals surface area (Å²) in [6.45, 7) is 2.84. The van der Waals surface area contributed by atoms with Crippen LogP contribution in [-0.4, -0.2) is 32.1 Å². The molecule has 0 saturated carbocycles. The lowest BCUT2D eigenvalue weighted by molar-refractivity contribution is 0.463. The highest BCUT2D eigenvalue weighted by molar-refractivity contribution is 7.14. The number of anilines is 1. The maximum Gasteiger partial charge on any atom is 0.191 e. The average molecular weight is 353 g/mol. The quantitative estimate of drug-likeness (QED) is 0.655. The Morgan fingerprint density at radius 2 is 2.04 bits per heavy atom. The standard InChI is InChI=1S/C19H23N5S/c1-21-19(22-14-16-6-4-15(13-20)5-7-16)23-17-8-10-24(11-9-17)18-3-2-12-25-18/h2-7,12,17H,8-11,14H2,1H3,(H2,21,22,23). The van der Waals surface area contributed by atoms with E-state index >= 15 is 0 Å². The number of hydrogen-bond donors (Lipinski definition) is 2. The second kappa shape index (κ2) is 8.54. The van der Waals surface area contributed by atoms with E-state index in [-0.39, 0.29) is 0 Å². The zero-order chi connectivity index (χ0) is 17.5. The molecule has 0 radical (unpaired) electrons. The summed E-state index contributed by atoms with van der Waals surface area (Å²) in [5.74, 6) is 0.832. The fourth-order valence-corrected chi connectivity index (χ4v) is 3.75. The molecule has 130 valence electrons. The molecule has 2 heterocycles. The van der Waals surface area contributed by atoms with Gasteiger partial charge < -0.3 is 15.5 Å². The molecule has 6 heteroatoms. The van der Waals surface area contributed by atoms with Gasteiger partial charge in [-0.15, -0.1) is 11.3 Å². The van der Waals surface area contributed by atoms with E-state index in [2.05, 4.69) is 44.1 Å². The first kappa shape index (κ1) is 17.3. The summed E-state index contributed by atoms with van der Waals surface area (Å²) in [5.41, 5.74) is 1.82. The van der Waals surface area contributed by atoms with Gasteiger partial charge in [0.1, 0.15) is 0 Å². The van der Waals surface area contributed by atoms with Gasteiger partial charge in [0.2, 0.25) is 0 Å². The number of nitrogens with one attached hydrogen (secondary N) is 2. The summed E-state index contributed by atoms with van der Waals surface area (Å²) >= 11 is 1.81. The van der Waals surface area contributed by atoms with Crippen LogP contribution in [0.5, 0.6) is 0 Å². The summed E-state index contributed by atoms with van der Waals surface area (Å²) in [5, 5.41) is 19.2. The van der Waals surface area contributed by atoms with Gasteiger partial charge in [-0.2, -0.15) is 5.26 Å². The Hall–Kier alpha value is -2.52. The minimum atomic E-state index is 0.448. The van der Waals surface area contributed by atoms with Gasteiger partial charge in [0.05, 0.1) is 16.6 Å². The predicted molar refractivity (Wildman–Crippen MR) is 104 cm³/mol. The van der Waals surface area contributed by atoms with E-state index in [1.807, 2.05) is 24.3 Å². The van der Waals surface area contributed by atoms with E-state index in [9.17, 15) is 0 Å². The second-order valence-electron chi connectivity index (χ2n) is 6.09. The lowest BCUT2D eigenvalue weighted by atomic mass is 10.1. The molecule has 2 aromatic rings. The molecule has 0 unspecified atom stereocenters. The van der Waals surface area contributed by atoms with Crippen LogP contribution in [0.4, 0.5) is 5.00 Å². The molecular formula is C19H23N5S. The molecule has 0 bridgehead atoms. The first-order chi connectivity index (χ1) is 12.3. The Morgan fingerprint density at radius 1 is 1.28 bits per heavy atom. The number of hydrogen-bond acceptors (Lipinski definition) is 4. The minimum Gasteiger partial charge on any atom is -0.363 e. The average Bonchev–Trinajstić information content (AvgIpc) is 3.21. The van der Waals surface area contributed by atoms with Crippen molar-refractivity contribution in [2.75, 3.05) is 25.0 Å². The van der Waals surface area contributed by atoms with Crippen LogP contribution in [0.25, 0.3) is 0 Å². The van der Waals surface area contributed by atoms with Gasteiger partial charge in [0.25, 0.3) is 0 Å². The van der Waals surface area contributed by atoms with Crippen molar-refractivity contribution in [2.24, 2.45) is 4.99 Å². The Kier molecular flexibility index (Phi) is 5.91. The third kappa shape index (κ3) is 4.74. The molecule has 3 rings (SSSR count). The van der Waals surface area contributed by atoms with Gasteiger partial charge in [0.15, 0.2) is 5.96 Å².